The van der Waals surface area contributed by atoms with Crippen molar-refractivity contribution >= 4 is 12.3 Å². The molecule has 0 saturated heterocycles. The Morgan fingerprint density at radius 1 is 1.50 bits per heavy atom. The van der Waals surface area contributed by atoms with Crippen LogP contribution in [0.4, 0.5) is 0 Å². The van der Waals surface area contributed by atoms with Crippen LogP contribution in [-0.2, 0) is 0 Å². The number of nitrogens with zero attached hydrogens (tertiary/aromatic N) is 3. The molecule has 0 radical (unpaired) electrons. The molecule has 1 aliphatic rings. The van der Waals surface area contributed by atoms with E-state index in [9.17, 15) is 0 Å². The average Bonchev–Trinajstić information content (AvgIpc) is 2.28. The topological polar surface area (TPSA) is 30.7 Å². The minimum absolute atomic E-state index is 0.834. The van der Waals surface area contributed by atoms with Crippen LogP contribution >= 0.6 is 0 Å². The van der Waals surface area contributed by atoms with Gasteiger partial charge >= 0.3 is 0 Å². The van der Waals surface area contributed by atoms with E-state index in [4.69, 9.17) is 0 Å². The van der Waals surface area contributed by atoms with Crippen LogP contribution in [0.5, 0.6) is 0 Å². The second kappa shape index (κ2) is 1.97. The molecule has 48 valence electrons. The van der Waals surface area contributed by atoms with Gasteiger partial charge in [-0.15, -0.1) is 5.73 Å². The third-order valence-electron chi connectivity index (χ3n) is 1.24. The van der Waals surface area contributed by atoms with Gasteiger partial charge in [-0.2, -0.15) is 5.10 Å². The number of rotatable bonds is 0. The minimum Gasteiger partial charge on any atom is -0.215 e. The second-order valence-electron chi connectivity index (χ2n) is 1.88. The van der Waals surface area contributed by atoms with Gasteiger partial charge in [0.1, 0.15) is 6.33 Å². The third kappa shape index (κ3) is 0.694. The van der Waals surface area contributed by atoms with Crippen molar-refractivity contribution in [3.8, 4) is 0 Å². The van der Waals surface area contributed by atoms with Crippen molar-refractivity contribution in [2.45, 2.75) is 0 Å². The second-order valence-corrected chi connectivity index (χ2v) is 1.88. The molecule has 10 heavy (non-hydrogen) atoms. The molecule has 3 heteroatoms. The molecule has 0 bridgehead atoms. The third-order valence-corrected chi connectivity index (χ3v) is 1.24. The van der Waals surface area contributed by atoms with E-state index in [-0.39, 0.29) is 0 Å². The van der Waals surface area contributed by atoms with Gasteiger partial charge in [-0.3, -0.25) is 0 Å². The van der Waals surface area contributed by atoms with Gasteiger partial charge < -0.3 is 0 Å². The Morgan fingerprint density at radius 2 is 2.50 bits per heavy atom. The summed E-state index contributed by atoms with van der Waals surface area (Å²) in [5.41, 5.74) is 2.91. The average molecular weight is 131 g/mol. The lowest BCUT2D eigenvalue weighted by atomic mass is 10.5. The first-order chi connectivity index (χ1) is 4.97. The lowest BCUT2D eigenvalue weighted by Crippen LogP contribution is -1.89. The predicted molar refractivity (Wildman–Crippen MR) is 37.9 cm³/mol. The fraction of sp³-hybridized carbons (Fsp3) is 0. The number of aromatic nitrogens is 3. The Morgan fingerprint density at radius 3 is 3.50 bits per heavy atom. The number of fused-ring (bicyclic) bond motifs is 1. The number of hydrogen-bond acceptors (Lipinski definition) is 2. The standard InChI is InChI=1S/C7H5N3/c1-2-4-7-8-6-9-10(7)5-3-1/h1-2,4-6H. The highest BCUT2D eigenvalue weighted by molar-refractivity contribution is 5.48. The van der Waals surface area contributed by atoms with Gasteiger partial charge in [0.15, 0.2) is 5.82 Å². The molecule has 0 amide bonds. The fourth-order valence-corrected chi connectivity index (χ4v) is 0.781. The molecule has 1 aliphatic heterocycles. The van der Waals surface area contributed by atoms with Crippen molar-refractivity contribution in [2.24, 2.45) is 0 Å². The lowest BCUT2D eigenvalue weighted by molar-refractivity contribution is 0.924. The first-order valence-corrected chi connectivity index (χ1v) is 2.95. The summed E-state index contributed by atoms with van der Waals surface area (Å²) in [6, 6.07) is 0. The van der Waals surface area contributed by atoms with Crippen molar-refractivity contribution in [1.82, 2.24) is 14.8 Å². The Bertz CT molecular complexity index is 326. The number of hydrogen-bond donors (Lipinski definition) is 0. The van der Waals surface area contributed by atoms with Crippen LogP contribution in [0.2, 0.25) is 0 Å². The maximum Gasteiger partial charge on any atom is 0.155 e. The summed E-state index contributed by atoms with van der Waals surface area (Å²) >= 11 is 0. The van der Waals surface area contributed by atoms with E-state index < -0.39 is 0 Å². The van der Waals surface area contributed by atoms with E-state index in [0.717, 1.165) is 5.82 Å². The molecule has 0 saturated carbocycles. The van der Waals surface area contributed by atoms with Crippen LogP contribution < -0.4 is 0 Å². The molecule has 0 aliphatic carbocycles. The normalized spacial score (nSPS) is 13.2. The molecule has 0 atom stereocenters. The molecule has 0 aromatic carbocycles. The Balaban J connectivity index is 2.68. The Labute approximate surface area is 58.0 Å². The van der Waals surface area contributed by atoms with Crippen molar-refractivity contribution in [1.29, 1.82) is 0 Å². The quantitative estimate of drug-likeness (QED) is 0.490. The smallest absolute Gasteiger partial charge is 0.155 e. The summed E-state index contributed by atoms with van der Waals surface area (Å²) in [6.45, 7) is 0. The summed E-state index contributed by atoms with van der Waals surface area (Å²) < 4.78 is 1.67. The molecule has 0 N–H and O–H groups in total. The molecule has 3 nitrogen and oxygen atoms in total. The fourth-order valence-electron chi connectivity index (χ4n) is 0.781. The lowest BCUT2D eigenvalue weighted by Gasteiger charge is -1.87. The van der Waals surface area contributed by atoms with Crippen molar-refractivity contribution in [2.75, 3.05) is 0 Å². The monoisotopic (exact) mass is 131 g/mol. The summed E-state index contributed by atoms with van der Waals surface area (Å²) in [5.74, 6) is 0.834. The highest BCUT2D eigenvalue weighted by atomic mass is 15.3. The molecular formula is C7H5N3. The first-order valence-electron chi connectivity index (χ1n) is 2.95. The van der Waals surface area contributed by atoms with Crippen LogP contribution in [0.25, 0.3) is 12.3 Å². The van der Waals surface area contributed by atoms with E-state index in [1.807, 2.05) is 18.2 Å². The predicted octanol–water partition coefficient (Wildman–Crippen LogP) is 0.931. The van der Waals surface area contributed by atoms with Crippen molar-refractivity contribution in [3.63, 3.8) is 0 Å². The highest BCUT2D eigenvalue weighted by Gasteiger charge is 1.95. The molecule has 1 aromatic heterocycles. The van der Waals surface area contributed by atoms with Gasteiger partial charge in [0.25, 0.3) is 0 Å². The zero-order valence-electron chi connectivity index (χ0n) is 5.23. The van der Waals surface area contributed by atoms with Gasteiger partial charge in [-0.25, -0.2) is 9.67 Å². The van der Waals surface area contributed by atoms with Gasteiger partial charge in [0.2, 0.25) is 0 Å². The van der Waals surface area contributed by atoms with Gasteiger partial charge in [-0.05, 0) is 12.2 Å². The maximum absolute atomic E-state index is 3.99. The van der Waals surface area contributed by atoms with E-state index in [1.165, 1.54) is 6.33 Å². The van der Waals surface area contributed by atoms with E-state index in [2.05, 4.69) is 15.8 Å². The van der Waals surface area contributed by atoms with E-state index in [0.29, 0.717) is 0 Å². The summed E-state index contributed by atoms with van der Waals surface area (Å²) in [7, 11) is 0. The van der Waals surface area contributed by atoms with Crippen molar-refractivity contribution in [3.05, 3.63) is 30.0 Å². The summed E-state index contributed by atoms with van der Waals surface area (Å²) in [4.78, 5) is 3.99. The zero-order chi connectivity index (χ0) is 6.81. The van der Waals surface area contributed by atoms with Gasteiger partial charge in [0, 0.05) is 0 Å². The molecule has 0 unspecified atom stereocenters. The van der Waals surface area contributed by atoms with Crippen LogP contribution in [0.15, 0.2) is 24.2 Å². The highest BCUT2D eigenvalue weighted by Crippen LogP contribution is 1.99. The minimum atomic E-state index is 0.834. The van der Waals surface area contributed by atoms with Crippen LogP contribution in [0.3, 0.4) is 0 Å². The molecule has 0 fully saturated rings. The Kier molecular flexibility index (Phi) is 1.03. The molecular weight excluding hydrogens is 126 g/mol. The molecule has 2 heterocycles. The largest absolute Gasteiger partial charge is 0.215 e. The summed E-state index contributed by atoms with van der Waals surface area (Å²) in [5, 5.41) is 3.93. The van der Waals surface area contributed by atoms with Gasteiger partial charge in [-0.1, -0.05) is 6.08 Å². The molecule has 0 spiro atoms. The first kappa shape index (κ1) is 5.21. The molecule has 1 aromatic rings. The summed E-state index contributed by atoms with van der Waals surface area (Å²) in [6.07, 6.45) is 8.83. The van der Waals surface area contributed by atoms with E-state index >= 15 is 0 Å². The Hall–Kier alpha value is -1.60. The maximum atomic E-state index is 3.99. The van der Waals surface area contributed by atoms with Crippen LogP contribution in [-0.4, -0.2) is 14.8 Å². The van der Waals surface area contributed by atoms with E-state index in [1.54, 1.807) is 10.9 Å². The SMILES string of the molecule is C1=CC=Cc2ncnn2C=1. The number of allylic oxidation sites excluding steroid dienone is 2. The van der Waals surface area contributed by atoms with Gasteiger partial charge in [0.05, 0.1) is 6.20 Å². The van der Waals surface area contributed by atoms with Crippen LogP contribution in [0, 0.1) is 0 Å². The van der Waals surface area contributed by atoms with Crippen LogP contribution in [0.1, 0.15) is 5.82 Å². The van der Waals surface area contributed by atoms with Crippen molar-refractivity contribution < 1.29 is 0 Å². The zero-order valence-corrected chi connectivity index (χ0v) is 5.23. The molecule has 2 rings (SSSR count).